The SMILES string of the molecule is O=C(c1ccccc1)N1CCCc2cc(NS(=O)(=O)c3ccc([N+](=O)[O-])cc3)ccc21. The van der Waals surface area contributed by atoms with Crippen molar-refractivity contribution >= 4 is 33.0 Å². The Labute approximate surface area is 179 Å². The number of amides is 1. The van der Waals surface area contributed by atoms with Gasteiger partial charge in [-0.15, -0.1) is 0 Å². The summed E-state index contributed by atoms with van der Waals surface area (Å²) in [6.45, 7) is 0.592. The summed E-state index contributed by atoms with van der Waals surface area (Å²) in [5, 5.41) is 10.8. The number of nitrogens with zero attached hydrogens (tertiary/aromatic N) is 2. The Hall–Kier alpha value is -3.72. The highest BCUT2D eigenvalue weighted by Crippen LogP contribution is 2.31. The van der Waals surface area contributed by atoms with Gasteiger partial charge in [-0.25, -0.2) is 8.42 Å². The van der Waals surface area contributed by atoms with E-state index in [2.05, 4.69) is 4.72 Å². The highest BCUT2D eigenvalue weighted by Gasteiger charge is 2.24. The van der Waals surface area contributed by atoms with Gasteiger partial charge in [-0.05, 0) is 60.9 Å². The van der Waals surface area contributed by atoms with Crippen molar-refractivity contribution in [1.29, 1.82) is 0 Å². The summed E-state index contributed by atoms with van der Waals surface area (Å²) in [5.74, 6) is -0.0965. The van der Waals surface area contributed by atoms with Crippen LogP contribution < -0.4 is 9.62 Å². The Balaban J connectivity index is 1.58. The van der Waals surface area contributed by atoms with Crippen LogP contribution >= 0.6 is 0 Å². The predicted molar refractivity (Wildman–Crippen MR) is 117 cm³/mol. The molecule has 0 saturated heterocycles. The maximum atomic E-state index is 12.9. The van der Waals surface area contributed by atoms with E-state index in [-0.39, 0.29) is 16.5 Å². The first-order valence-corrected chi connectivity index (χ1v) is 11.1. The lowest BCUT2D eigenvalue weighted by molar-refractivity contribution is -0.384. The number of non-ortho nitro benzene ring substituents is 1. The smallest absolute Gasteiger partial charge is 0.269 e. The van der Waals surface area contributed by atoms with Crippen molar-refractivity contribution < 1.29 is 18.1 Å². The van der Waals surface area contributed by atoms with Gasteiger partial charge >= 0.3 is 0 Å². The molecule has 4 rings (SSSR count). The van der Waals surface area contributed by atoms with Crippen LogP contribution in [0.1, 0.15) is 22.3 Å². The summed E-state index contributed by atoms with van der Waals surface area (Å²) < 4.78 is 27.8. The van der Waals surface area contributed by atoms with Crippen molar-refractivity contribution in [3.05, 3.63) is 94.0 Å². The second kappa shape index (κ2) is 8.19. The minimum absolute atomic E-state index is 0.0725. The van der Waals surface area contributed by atoms with E-state index in [1.54, 1.807) is 35.2 Å². The van der Waals surface area contributed by atoms with E-state index < -0.39 is 14.9 Å². The Morgan fingerprint density at radius 1 is 1.00 bits per heavy atom. The number of rotatable bonds is 5. The lowest BCUT2D eigenvalue weighted by Crippen LogP contribution is -2.35. The fourth-order valence-corrected chi connectivity index (χ4v) is 4.62. The molecule has 0 radical (unpaired) electrons. The van der Waals surface area contributed by atoms with Crippen LogP contribution in [0.4, 0.5) is 17.1 Å². The first-order chi connectivity index (χ1) is 14.8. The fourth-order valence-electron chi connectivity index (χ4n) is 3.57. The average molecular weight is 437 g/mol. The molecule has 0 saturated carbocycles. The van der Waals surface area contributed by atoms with Gasteiger partial charge in [0.05, 0.1) is 9.82 Å². The largest absolute Gasteiger partial charge is 0.308 e. The van der Waals surface area contributed by atoms with Crippen molar-refractivity contribution in [1.82, 2.24) is 0 Å². The number of nitro benzene ring substituents is 1. The molecule has 1 aliphatic rings. The molecule has 3 aromatic rings. The minimum atomic E-state index is -3.91. The molecule has 0 spiro atoms. The lowest BCUT2D eigenvalue weighted by atomic mass is 10.00. The van der Waals surface area contributed by atoms with E-state index in [9.17, 15) is 23.3 Å². The van der Waals surface area contributed by atoms with E-state index in [0.29, 0.717) is 17.8 Å². The van der Waals surface area contributed by atoms with Crippen LogP contribution in [0.5, 0.6) is 0 Å². The second-order valence-corrected chi connectivity index (χ2v) is 8.81. The summed E-state index contributed by atoms with van der Waals surface area (Å²) >= 11 is 0. The van der Waals surface area contributed by atoms with Crippen molar-refractivity contribution in [2.45, 2.75) is 17.7 Å². The Morgan fingerprint density at radius 3 is 2.39 bits per heavy atom. The van der Waals surface area contributed by atoms with Crippen molar-refractivity contribution in [3.8, 4) is 0 Å². The van der Waals surface area contributed by atoms with Crippen LogP contribution in [0, 0.1) is 10.1 Å². The van der Waals surface area contributed by atoms with Gasteiger partial charge in [-0.1, -0.05) is 18.2 Å². The molecule has 8 nitrogen and oxygen atoms in total. The highest BCUT2D eigenvalue weighted by molar-refractivity contribution is 7.92. The maximum Gasteiger partial charge on any atom is 0.269 e. The molecule has 0 unspecified atom stereocenters. The topological polar surface area (TPSA) is 110 Å². The number of fused-ring (bicyclic) bond motifs is 1. The number of hydrogen-bond donors (Lipinski definition) is 1. The molecule has 3 aromatic carbocycles. The van der Waals surface area contributed by atoms with Crippen molar-refractivity contribution in [2.24, 2.45) is 0 Å². The van der Waals surface area contributed by atoms with E-state index in [0.717, 1.165) is 36.2 Å². The molecule has 0 bridgehead atoms. The van der Waals surface area contributed by atoms with Gasteiger partial charge in [0.1, 0.15) is 0 Å². The van der Waals surface area contributed by atoms with Gasteiger partial charge in [-0.2, -0.15) is 0 Å². The van der Waals surface area contributed by atoms with E-state index in [4.69, 9.17) is 0 Å². The van der Waals surface area contributed by atoms with Gasteiger partial charge in [0.15, 0.2) is 0 Å². The van der Waals surface area contributed by atoms with Crippen LogP contribution in [0.2, 0.25) is 0 Å². The van der Waals surface area contributed by atoms with E-state index in [1.807, 2.05) is 18.2 Å². The summed E-state index contributed by atoms with van der Waals surface area (Å²) in [6, 6.07) is 18.8. The molecule has 158 valence electrons. The molecule has 0 atom stereocenters. The average Bonchev–Trinajstić information content (AvgIpc) is 2.78. The zero-order chi connectivity index (χ0) is 22.0. The molecule has 1 amide bonds. The van der Waals surface area contributed by atoms with E-state index >= 15 is 0 Å². The minimum Gasteiger partial charge on any atom is -0.308 e. The summed E-state index contributed by atoms with van der Waals surface area (Å²) in [7, 11) is -3.91. The van der Waals surface area contributed by atoms with Gasteiger partial charge < -0.3 is 4.90 Å². The number of sulfonamides is 1. The van der Waals surface area contributed by atoms with Crippen LogP contribution in [-0.2, 0) is 16.4 Å². The fraction of sp³-hybridized carbons (Fsp3) is 0.136. The molecule has 0 aromatic heterocycles. The second-order valence-electron chi connectivity index (χ2n) is 7.13. The number of nitrogens with one attached hydrogen (secondary N) is 1. The zero-order valence-corrected chi connectivity index (χ0v) is 17.2. The Morgan fingerprint density at radius 2 is 1.71 bits per heavy atom. The standard InChI is InChI=1S/C22H19N3O5S/c26-22(16-5-2-1-3-6-16)24-14-4-7-17-15-18(8-13-21(17)24)23-31(29,30)20-11-9-19(10-12-20)25(27)28/h1-3,5-6,8-13,15,23H,4,7,14H2. The third-order valence-electron chi connectivity index (χ3n) is 5.07. The first-order valence-electron chi connectivity index (χ1n) is 9.62. The lowest BCUT2D eigenvalue weighted by Gasteiger charge is -2.30. The molecular formula is C22H19N3O5S. The predicted octanol–water partition coefficient (Wildman–Crippen LogP) is 3.99. The molecule has 0 aliphatic carbocycles. The molecule has 0 fully saturated rings. The van der Waals surface area contributed by atoms with Crippen LogP contribution in [0.15, 0.2) is 77.7 Å². The Bertz CT molecular complexity index is 1240. The Kier molecular flexibility index (Phi) is 5.43. The third kappa shape index (κ3) is 4.26. The number of aryl methyl sites for hydroxylation is 1. The summed E-state index contributed by atoms with van der Waals surface area (Å²) in [5.41, 5.74) is 2.41. The van der Waals surface area contributed by atoms with Crippen LogP contribution in [-0.4, -0.2) is 25.8 Å². The maximum absolute atomic E-state index is 12.9. The van der Waals surface area contributed by atoms with Gasteiger partial charge in [0, 0.05) is 35.6 Å². The molecule has 9 heteroatoms. The molecule has 1 heterocycles. The molecule has 1 N–H and O–H groups in total. The van der Waals surface area contributed by atoms with Gasteiger partial charge in [0.25, 0.3) is 21.6 Å². The number of benzene rings is 3. The number of carbonyl (C=O) groups is 1. The first kappa shape index (κ1) is 20.5. The molecule has 1 aliphatic heterocycles. The number of nitro groups is 1. The van der Waals surface area contributed by atoms with E-state index in [1.165, 1.54) is 12.1 Å². The monoisotopic (exact) mass is 437 g/mol. The highest BCUT2D eigenvalue weighted by atomic mass is 32.2. The summed E-state index contributed by atoms with van der Waals surface area (Å²) in [6.07, 6.45) is 1.49. The number of anilines is 2. The van der Waals surface area contributed by atoms with Crippen LogP contribution in [0.3, 0.4) is 0 Å². The summed E-state index contributed by atoms with van der Waals surface area (Å²) in [4.78, 5) is 24.7. The van der Waals surface area contributed by atoms with Gasteiger partial charge in [-0.3, -0.25) is 19.6 Å². The zero-order valence-electron chi connectivity index (χ0n) is 16.4. The third-order valence-corrected chi connectivity index (χ3v) is 6.47. The van der Waals surface area contributed by atoms with Crippen molar-refractivity contribution in [3.63, 3.8) is 0 Å². The number of carbonyl (C=O) groups excluding carboxylic acids is 1. The number of hydrogen-bond acceptors (Lipinski definition) is 5. The van der Waals surface area contributed by atoms with Crippen molar-refractivity contribution in [2.75, 3.05) is 16.2 Å². The van der Waals surface area contributed by atoms with Gasteiger partial charge in [0.2, 0.25) is 0 Å². The normalized spacial score (nSPS) is 13.4. The molecular weight excluding hydrogens is 418 g/mol. The quantitative estimate of drug-likeness (QED) is 0.479. The molecule has 31 heavy (non-hydrogen) atoms. The van der Waals surface area contributed by atoms with Crippen LogP contribution in [0.25, 0.3) is 0 Å².